The molecule has 0 spiro atoms. The molecule has 2 aromatic rings. The molecule has 0 aliphatic rings. The molecule has 0 fully saturated rings. The van der Waals surface area contributed by atoms with Gasteiger partial charge < -0.3 is 14.9 Å². The zero-order valence-electron chi connectivity index (χ0n) is 9.40. The van der Waals surface area contributed by atoms with E-state index in [2.05, 4.69) is 10.5 Å². The van der Waals surface area contributed by atoms with Crippen LogP contribution >= 0.6 is 0 Å². The smallest absolute Gasteiger partial charge is 0.133 e. The van der Waals surface area contributed by atoms with Gasteiger partial charge in [0.25, 0.3) is 0 Å². The third-order valence-corrected chi connectivity index (χ3v) is 2.34. The van der Waals surface area contributed by atoms with Crippen molar-refractivity contribution in [3.8, 4) is 5.75 Å². The molecule has 1 aromatic heterocycles. The van der Waals surface area contributed by atoms with Gasteiger partial charge in [-0.25, -0.2) is 4.39 Å². The maximum atomic E-state index is 12.9. The highest BCUT2D eigenvalue weighted by Gasteiger charge is 2.04. The van der Waals surface area contributed by atoms with E-state index in [1.165, 1.54) is 18.2 Å². The summed E-state index contributed by atoms with van der Waals surface area (Å²) in [5.41, 5.74) is 1.30. The minimum atomic E-state index is -0.364. The Morgan fingerprint density at radius 1 is 1.35 bits per heavy atom. The Kier molecular flexibility index (Phi) is 3.39. The Morgan fingerprint density at radius 3 is 2.88 bits per heavy atom. The van der Waals surface area contributed by atoms with E-state index >= 15 is 0 Å². The summed E-state index contributed by atoms with van der Waals surface area (Å²) in [6.45, 7) is 2.69. The van der Waals surface area contributed by atoms with Crippen LogP contribution in [0.15, 0.2) is 28.8 Å². The molecule has 0 aliphatic heterocycles. The number of aromatic nitrogens is 1. The van der Waals surface area contributed by atoms with Crippen LogP contribution in [0.4, 0.5) is 4.39 Å². The Balaban J connectivity index is 1.91. The number of aromatic hydroxyl groups is 1. The molecular weight excluding hydrogens is 223 g/mol. The minimum Gasteiger partial charge on any atom is -0.508 e. The van der Waals surface area contributed by atoms with Gasteiger partial charge in [-0.3, -0.25) is 0 Å². The maximum Gasteiger partial charge on any atom is 0.133 e. The van der Waals surface area contributed by atoms with Crippen molar-refractivity contribution in [2.75, 3.05) is 0 Å². The minimum absolute atomic E-state index is 0.0789. The molecule has 1 aromatic carbocycles. The lowest BCUT2D eigenvalue weighted by atomic mass is 10.2. The van der Waals surface area contributed by atoms with E-state index < -0.39 is 0 Å². The Labute approximate surface area is 98.1 Å². The average molecular weight is 236 g/mol. The molecule has 2 N–H and O–H groups in total. The number of phenolic OH excluding ortho intramolecular Hbond substituents is 1. The lowest BCUT2D eigenvalue weighted by Gasteiger charge is -2.05. The van der Waals surface area contributed by atoms with Gasteiger partial charge in [-0.05, 0) is 25.1 Å². The normalized spacial score (nSPS) is 10.7. The third-order valence-electron chi connectivity index (χ3n) is 2.34. The lowest BCUT2D eigenvalue weighted by molar-refractivity contribution is 0.388. The summed E-state index contributed by atoms with van der Waals surface area (Å²) >= 11 is 0. The van der Waals surface area contributed by atoms with E-state index in [0.717, 1.165) is 11.5 Å². The van der Waals surface area contributed by atoms with E-state index in [-0.39, 0.29) is 11.6 Å². The number of nitrogens with zero attached hydrogens (tertiary/aromatic N) is 1. The summed E-state index contributed by atoms with van der Waals surface area (Å²) in [4.78, 5) is 0. The fourth-order valence-electron chi connectivity index (χ4n) is 1.52. The Morgan fingerprint density at radius 2 is 2.18 bits per heavy atom. The summed E-state index contributed by atoms with van der Waals surface area (Å²) in [6.07, 6.45) is 0. The molecule has 1 heterocycles. The monoisotopic (exact) mass is 236 g/mol. The van der Waals surface area contributed by atoms with Crippen LogP contribution in [0, 0.1) is 12.7 Å². The van der Waals surface area contributed by atoms with Crippen LogP contribution in [0.1, 0.15) is 17.0 Å². The first-order valence-electron chi connectivity index (χ1n) is 5.25. The van der Waals surface area contributed by atoms with E-state index in [4.69, 9.17) is 4.52 Å². The molecule has 0 radical (unpaired) electrons. The van der Waals surface area contributed by atoms with Gasteiger partial charge in [0, 0.05) is 24.7 Å². The molecule has 0 amide bonds. The van der Waals surface area contributed by atoms with Crippen molar-refractivity contribution in [1.82, 2.24) is 10.5 Å². The summed E-state index contributed by atoms with van der Waals surface area (Å²) in [6, 6.07) is 5.68. The van der Waals surface area contributed by atoms with E-state index in [1.54, 1.807) is 0 Å². The van der Waals surface area contributed by atoms with E-state index in [0.29, 0.717) is 18.7 Å². The van der Waals surface area contributed by atoms with Crippen molar-refractivity contribution in [2.45, 2.75) is 20.0 Å². The van der Waals surface area contributed by atoms with E-state index in [1.807, 2.05) is 13.0 Å². The standard InChI is InChI=1S/C12H13FN2O2/c1-8-4-11(15-17-8)7-14-6-9-5-10(13)2-3-12(9)16/h2-5,14,16H,6-7H2,1H3. The van der Waals surface area contributed by atoms with Crippen molar-refractivity contribution < 1.29 is 14.0 Å². The average Bonchev–Trinajstić information content (AvgIpc) is 2.69. The van der Waals surface area contributed by atoms with Gasteiger partial charge in [-0.15, -0.1) is 0 Å². The van der Waals surface area contributed by atoms with Crippen LogP contribution in [0.25, 0.3) is 0 Å². The van der Waals surface area contributed by atoms with Crippen LogP contribution in [-0.4, -0.2) is 10.3 Å². The highest BCUT2D eigenvalue weighted by atomic mass is 19.1. The second kappa shape index (κ2) is 4.97. The summed E-state index contributed by atoms with van der Waals surface area (Å²) < 4.78 is 17.8. The highest BCUT2D eigenvalue weighted by molar-refractivity contribution is 5.32. The predicted molar refractivity (Wildman–Crippen MR) is 59.8 cm³/mol. The quantitative estimate of drug-likeness (QED) is 0.853. The van der Waals surface area contributed by atoms with Gasteiger partial charge in [-0.2, -0.15) is 0 Å². The van der Waals surface area contributed by atoms with Crippen LogP contribution in [-0.2, 0) is 13.1 Å². The second-order valence-electron chi connectivity index (χ2n) is 3.81. The Bertz CT molecular complexity index is 511. The SMILES string of the molecule is Cc1cc(CNCc2cc(F)ccc2O)no1. The van der Waals surface area contributed by atoms with Gasteiger partial charge in [0.1, 0.15) is 17.3 Å². The molecule has 2 rings (SSSR count). The molecule has 0 aliphatic carbocycles. The number of phenols is 1. The van der Waals surface area contributed by atoms with Crippen LogP contribution in [0.5, 0.6) is 5.75 Å². The fourth-order valence-corrected chi connectivity index (χ4v) is 1.52. The molecular formula is C12H13FN2O2. The number of halogens is 1. The number of aryl methyl sites for hydroxylation is 1. The lowest BCUT2D eigenvalue weighted by Crippen LogP contribution is -2.13. The van der Waals surface area contributed by atoms with Gasteiger partial charge in [0.05, 0.1) is 5.69 Å². The number of hydrogen-bond acceptors (Lipinski definition) is 4. The van der Waals surface area contributed by atoms with Crippen molar-refractivity contribution in [1.29, 1.82) is 0 Å². The van der Waals surface area contributed by atoms with E-state index in [9.17, 15) is 9.50 Å². The number of benzene rings is 1. The molecule has 0 saturated carbocycles. The van der Waals surface area contributed by atoms with Crippen molar-refractivity contribution in [2.24, 2.45) is 0 Å². The van der Waals surface area contributed by atoms with Gasteiger partial charge in [0.15, 0.2) is 0 Å². The molecule has 17 heavy (non-hydrogen) atoms. The first kappa shape index (κ1) is 11.6. The first-order chi connectivity index (χ1) is 8.15. The number of rotatable bonds is 4. The largest absolute Gasteiger partial charge is 0.508 e. The van der Waals surface area contributed by atoms with Crippen molar-refractivity contribution >= 4 is 0 Å². The number of nitrogens with one attached hydrogen (secondary N) is 1. The van der Waals surface area contributed by atoms with Gasteiger partial charge >= 0.3 is 0 Å². The molecule has 0 unspecified atom stereocenters. The maximum absolute atomic E-state index is 12.9. The molecule has 0 atom stereocenters. The van der Waals surface area contributed by atoms with Gasteiger partial charge in [-0.1, -0.05) is 5.16 Å². The molecule has 0 saturated heterocycles. The highest BCUT2D eigenvalue weighted by Crippen LogP contribution is 2.17. The van der Waals surface area contributed by atoms with Crippen LogP contribution < -0.4 is 5.32 Å². The Hall–Kier alpha value is -1.88. The van der Waals surface area contributed by atoms with Crippen molar-refractivity contribution in [3.05, 3.63) is 47.1 Å². The zero-order chi connectivity index (χ0) is 12.3. The zero-order valence-corrected chi connectivity index (χ0v) is 9.40. The summed E-state index contributed by atoms with van der Waals surface area (Å²) in [7, 11) is 0. The second-order valence-corrected chi connectivity index (χ2v) is 3.81. The van der Waals surface area contributed by atoms with Crippen LogP contribution in [0.3, 0.4) is 0 Å². The predicted octanol–water partition coefficient (Wildman–Crippen LogP) is 2.12. The molecule has 0 bridgehead atoms. The number of hydrogen-bond donors (Lipinski definition) is 2. The van der Waals surface area contributed by atoms with Gasteiger partial charge in [0.2, 0.25) is 0 Å². The molecule has 5 heteroatoms. The summed E-state index contributed by atoms with van der Waals surface area (Å²) in [5.74, 6) is 0.461. The molecule has 90 valence electrons. The van der Waals surface area contributed by atoms with Crippen molar-refractivity contribution in [3.63, 3.8) is 0 Å². The third kappa shape index (κ3) is 3.04. The fraction of sp³-hybridized carbons (Fsp3) is 0.250. The molecule has 4 nitrogen and oxygen atoms in total. The first-order valence-corrected chi connectivity index (χ1v) is 5.25. The topological polar surface area (TPSA) is 58.3 Å². The summed E-state index contributed by atoms with van der Waals surface area (Å²) in [5, 5.41) is 16.4. The van der Waals surface area contributed by atoms with Crippen LogP contribution in [0.2, 0.25) is 0 Å².